The highest BCUT2D eigenvalue weighted by Crippen LogP contribution is 2.25. The fourth-order valence-electron chi connectivity index (χ4n) is 3.56. The van der Waals surface area contributed by atoms with Gasteiger partial charge in [0.1, 0.15) is 17.6 Å². The van der Waals surface area contributed by atoms with Crippen LogP contribution in [0.4, 0.5) is 4.39 Å². The highest BCUT2D eigenvalue weighted by molar-refractivity contribution is 14.0. The normalized spacial score (nSPS) is 19.8. The van der Waals surface area contributed by atoms with Crippen LogP contribution in [0.2, 0.25) is 0 Å². The number of aliphatic imine (C=N–C) groups is 1. The van der Waals surface area contributed by atoms with Gasteiger partial charge in [-0.3, -0.25) is 4.99 Å². The molecule has 1 aliphatic rings. The summed E-state index contributed by atoms with van der Waals surface area (Å²) < 4.78 is 21.3. The van der Waals surface area contributed by atoms with Crippen molar-refractivity contribution in [3.63, 3.8) is 0 Å². The summed E-state index contributed by atoms with van der Waals surface area (Å²) in [7, 11) is 1.78. The molecule has 0 bridgehead atoms. The molecule has 2 atom stereocenters. The summed E-state index contributed by atoms with van der Waals surface area (Å²) in [6, 6.07) is 12.4. The molecule has 1 saturated heterocycles. The number of pyridine rings is 1. The van der Waals surface area contributed by atoms with E-state index in [1.807, 2.05) is 41.9 Å². The number of hydrogen-bond acceptors (Lipinski definition) is 3. The maximum absolute atomic E-state index is 13.2. The van der Waals surface area contributed by atoms with Crippen molar-refractivity contribution in [3.8, 4) is 0 Å². The first-order valence-electron chi connectivity index (χ1n) is 9.41. The van der Waals surface area contributed by atoms with Crippen LogP contribution in [0.3, 0.4) is 0 Å². The largest absolute Gasteiger partial charge is 0.367 e. The lowest BCUT2D eigenvalue weighted by Crippen LogP contribution is -2.50. The lowest BCUT2D eigenvalue weighted by molar-refractivity contribution is -0.0605. The molecule has 1 N–H and O–H groups in total. The van der Waals surface area contributed by atoms with Crippen LogP contribution in [0.25, 0.3) is 5.65 Å². The minimum Gasteiger partial charge on any atom is -0.367 e. The zero-order chi connectivity index (χ0) is 19.5. The number of benzene rings is 1. The average Bonchev–Trinajstić information content (AvgIpc) is 3.11. The van der Waals surface area contributed by atoms with Crippen molar-refractivity contribution in [2.75, 3.05) is 20.1 Å². The van der Waals surface area contributed by atoms with Gasteiger partial charge in [0.25, 0.3) is 0 Å². The minimum atomic E-state index is -0.241. The van der Waals surface area contributed by atoms with Gasteiger partial charge >= 0.3 is 0 Å². The van der Waals surface area contributed by atoms with Gasteiger partial charge in [-0.1, -0.05) is 18.2 Å². The highest BCUT2D eigenvalue weighted by atomic mass is 127. The van der Waals surface area contributed by atoms with Crippen LogP contribution < -0.4 is 5.32 Å². The lowest BCUT2D eigenvalue weighted by Gasteiger charge is -2.38. The van der Waals surface area contributed by atoms with Gasteiger partial charge in [0.15, 0.2) is 5.96 Å². The standard InChI is InChI=1S/C21H24FN5O.HI/c1-15-12-27(14-19(28-15)16-6-8-17(22)9-7-16)21(23-2)24-11-18-13-26-10-4-3-5-20(26)25-18;/h3-10,13,15,19H,11-12,14H2,1-2H3,(H,23,24);1H. The lowest BCUT2D eigenvalue weighted by atomic mass is 10.1. The van der Waals surface area contributed by atoms with Crippen LogP contribution in [0, 0.1) is 5.82 Å². The fourth-order valence-corrected chi connectivity index (χ4v) is 3.56. The number of guanidine groups is 1. The molecule has 3 aromatic rings. The van der Waals surface area contributed by atoms with Gasteiger partial charge in [0.05, 0.1) is 24.9 Å². The molecule has 6 nitrogen and oxygen atoms in total. The molecule has 2 aromatic heterocycles. The number of halogens is 2. The van der Waals surface area contributed by atoms with Gasteiger partial charge in [-0.2, -0.15) is 0 Å². The second-order valence-electron chi connectivity index (χ2n) is 6.99. The van der Waals surface area contributed by atoms with Gasteiger partial charge in [0.2, 0.25) is 0 Å². The van der Waals surface area contributed by atoms with E-state index in [1.54, 1.807) is 19.2 Å². The Balaban J connectivity index is 0.00000240. The molecule has 1 fully saturated rings. The van der Waals surface area contributed by atoms with E-state index in [9.17, 15) is 4.39 Å². The Hall–Kier alpha value is -2.20. The maximum Gasteiger partial charge on any atom is 0.194 e. The van der Waals surface area contributed by atoms with Crippen LogP contribution in [0.15, 0.2) is 59.9 Å². The van der Waals surface area contributed by atoms with E-state index >= 15 is 0 Å². The summed E-state index contributed by atoms with van der Waals surface area (Å²) in [4.78, 5) is 11.2. The second kappa shape index (κ2) is 9.53. The second-order valence-corrected chi connectivity index (χ2v) is 6.99. The zero-order valence-corrected chi connectivity index (χ0v) is 18.8. The first-order chi connectivity index (χ1) is 13.6. The Labute approximate surface area is 186 Å². The van der Waals surface area contributed by atoms with Gasteiger partial charge < -0.3 is 19.4 Å². The van der Waals surface area contributed by atoms with Crippen molar-refractivity contribution in [2.24, 2.45) is 4.99 Å². The number of nitrogens with zero attached hydrogens (tertiary/aromatic N) is 4. The Kier molecular flexibility index (Phi) is 7.07. The van der Waals surface area contributed by atoms with Crippen molar-refractivity contribution < 1.29 is 9.13 Å². The van der Waals surface area contributed by atoms with E-state index in [0.717, 1.165) is 29.4 Å². The first-order valence-corrected chi connectivity index (χ1v) is 9.41. The van der Waals surface area contributed by atoms with Crippen LogP contribution in [0.5, 0.6) is 0 Å². The van der Waals surface area contributed by atoms with Crippen molar-refractivity contribution in [1.29, 1.82) is 0 Å². The molecule has 8 heteroatoms. The quantitative estimate of drug-likeness (QED) is 0.333. The topological polar surface area (TPSA) is 54.2 Å². The molecule has 0 amide bonds. The smallest absolute Gasteiger partial charge is 0.194 e. The summed E-state index contributed by atoms with van der Waals surface area (Å²) in [6.45, 7) is 4.02. The minimum absolute atomic E-state index is 0. The van der Waals surface area contributed by atoms with Crippen molar-refractivity contribution in [1.82, 2.24) is 19.6 Å². The van der Waals surface area contributed by atoms with Gasteiger partial charge in [0, 0.05) is 26.0 Å². The number of ether oxygens (including phenoxy) is 1. The number of aromatic nitrogens is 2. The third-order valence-corrected chi connectivity index (χ3v) is 4.85. The van der Waals surface area contributed by atoms with Gasteiger partial charge in [-0.25, -0.2) is 9.37 Å². The molecule has 154 valence electrons. The molecule has 29 heavy (non-hydrogen) atoms. The number of rotatable bonds is 3. The Morgan fingerprint density at radius 1 is 1.24 bits per heavy atom. The number of nitrogens with one attached hydrogen (secondary N) is 1. The zero-order valence-electron chi connectivity index (χ0n) is 16.5. The molecule has 2 unspecified atom stereocenters. The van der Waals surface area contributed by atoms with Gasteiger partial charge in [-0.05, 0) is 36.8 Å². The van der Waals surface area contributed by atoms with Crippen molar-refractivity contribution in [2.45, 2.75) is 25.7 Å². The van der Waals surface area contributed by atoms with Gasteiger partial charge in [-0.15, -0.1) is 24.0 Å². The monoisotopic (exact) mass is 509 g/mol. The summed E-state index contributed by atoms with van der Waals surface area (Å²) in [5.41, 5.74) is 2.84. The molecule has 0 spiro atoms. The predicted octanol–water partition coefficient (Wildman–Crippen LogP) is 3.63. The van der Waals surface area contributed by atoms with E-state index in [1.165, 1.54) is 12.1 Å². The summed E-state index contributed by atoms with van der Waals surface area (Å²) in [5.74, 6) is 0.564. The molecule has 4 rings (SSSR count). The fraction of sp³-hybridized carbons (Fsp3) is 0.333. The maximum atomic E-state index is 13.2. The third-order valence-electron chi connectivity index (χ3n) is 4.85. The number of hydrogen-bond donors (Lipinski definition) is 1. The predicted molar refractivity (Wildman–Crippen MR) is 122 cm³/mol. The SMILES string of the molecule is CN=C(NCc1cn2ccccc2n1)N1CC(C)OC(c2ccc(F)cc2)C1.I. The number of imidazole rings is 1. The van der Waals surface area contributed by atoms with E-state index < -0.39 is 0 Å². The van der Waals surface area contributed by atoms with E-state index in [4.69, 9.17) is 4.74 Å². The molecule has 0 saturated carbocycles. The molecular weight excluding hydrogens is 484 g/mol. The summed E-state index contributed by atoms with van der Waals surface area (Å²) in [5, 5.41) is 3.40. The van der Waals surface area contributed by atoms with Crippen LogP contribution >= 0.6 is 24.0 Å². The van der Waals surface area contributed by atoms with E-state index in [-0.39, 0.29) is 42.0 Å². The molecule has 3 heterocycles. The number of fused-ring (bicyclic) bond motifs is 1. The van der Waals surface area contributed by atoms with Crippen LogP contribution in [0.1, 0.15) is 24.3 Å². The van der Waals surface area contributed by atoms with Crippen LogP contribution in [-0.2, 0) is 11.3 Å². The van der Waals surface area contributed by atoms with Crippen molar-refractivity contribution >= 4 is 35.6 Å². The van der Waals surface area contributed by atoms with E-state index in [2.05, 4.69) is 20.2 Å². The number of morpholine rings is 1. The highest BCUT2D eigenvalue weighted by Gasteiger charge is 2.28. The molecule has 0 radical (unpaired) electrons. The molecule has 1 aliphatic heterocycles. The van der Waals surface area contributed by atoms with E-state index in [0.29, 0.717) is 13.1 Å². The molecule has 0 aliphatic carbocycles. The van der Waals surface area contributed by atoms with Crippen LogP contribution in [-0.4, -0.2) is 46.5 Å². The Morgan fingerprint density at radius 2 is 2.03 bits per heavy atom. The van der Waals surface area contributed by atoms with Crippen molar-refractivity contribution in [3.05, 3.63) is 71.9 Å². The Bertz CT molecular complexity index is 942. The Morgan fingerprint density at radius 3 is 2.76 bits per heavy atom. The average molecular weight is 509 g/mol. The molecule has 1 aromatic carbocycles. The third kappa shape index (κ3) is 5.05. The first kappa shape index (κ1) is 21.5. The summed E-state index contributed by atoms with van der Waals surface area (Å²) >= 11 is 0. The molecular formula is C21H25FIN5O. The summed E-state index contributed by atoms with van der Waals surface area (Å²) in [6.07, 6.45) is 3.91.